The number of phenolic OH excluding ortho intramolecular Hbond substituents is 1. The summed E-state index contributed by atoms with van der Waals surface area (Å²) >= 11 is 0. The van der Waals surface area contributed by atoms with Crippen LogP contribution in [0.5, 0.6) is 5.75 Å². The van der Waals surface area contributed by atoms with Gasteiger partial charge < -0.3 is 20.5 Å². The zero-order chi connectivity index (χ0) is 15.4. The summed E-state index contributed by atoms with van der Waals surface area (Å²) < 4.78 is 4.66. The van der Waals surface area contributed by atoms with Gasteiger partial charge in [-0.3, -0.25) is 0 Å². The molecule has 0 fully saturated rings. The molecule has 5 heteroatoms. The number of para-hydroxylation sites is 1. The first-order valence-electron chi connectivity index (χ1n) is 6.51. The first-order chi connectivity index (χ1) is 10.1. The average Bonchev–Trinajstić information content (AvgIpc) is 2.53. The smallest absolute Gasteiger partial charge is 0.341 e. The van der Waals surface area contributed by atoms with Gasteiger partial charge in [-0.2, -0.15) is 0 Å². The van der Waals surface area contributed by atoms with Gasteiger partial charge in [0.1, 0.15) is 11.3 Å². The highest BCUT2D eigenvalue weighted by Gasteiger charge is 2.15. The van der Waals surface area contributed by atoms with E-state index < -0.39 is 5.97 Å². The molecule has 2 aromatic rings. The van der Waals surface area contributed by atoms with Gasteiger partial charge in [0.15, 0.2) is 0 Å². The first kappa shape index (κ1) is 14.9. The van der Waals surface area contributed by atoms with E-state index in [4.69, 9.17) is 5.73 Å². The van der Waals surface area contributed by atoms with Crippen molar-refractivity contribution in [1.29, 1.82) is 0 Å². The summed E-state index contributed by atoms with van der Waals surface area (Å²) in [6.45, 7) is 0.419. The van der Waals surface area contributed by atoms with Gasteiger partial charge in [0.2, 0.25) is 0 Å². The van der Waals surface area contributed by atoms with E-state index in [2.05, 4.69) is 4.74 Å². The Morgan fingerprint density at radius 3 is 2.67 bits per heavy atom. The molecule has 0 aliphatic carbocycles. The van der Waals surface area contributed by atoms with E-state index in [-0.39, 0.29) is 11.3 Å². The maximum atomic E-state index is 11.6. The van der Waals surface area contributed by atoms with E-state index >= 15 is 0 Å². The molecule has 0 aliphatic rings. The van der Waals surface area contributed by atoms with Crippen LogP contribution in [0, 0.1) is 0 Å². The fourth-order valence-corrected chi connectivity index (χ4v) is 2.16. The van der Waals surface area contributed by atoms with Crippen molar-refractivity contribution in [2.75, 3.05) is 19.1 Å². The molecule has 0 aliphatic heterocycles. The van der Waals surface area contributed by atoms with Crippen molar-refractivity contribution in [3.05, 3.63) is 53.6 Å². The van der Waals surface area contributed by atoms with Crippen molar-refractivity contribution in [3.8, 4) is 5.75 Å². The molecule has 0 heterocycles. The Balaban J connectivity index is 2.44. The number of esters is 1. The van der Waals surface area contributed by atoms with E-state index in [1.165, 1.54) is 13.2 Å². The molecule has 0 saturated carbocycles. The summed E-state index contributed by atoms with van der Waals surface area (Å²) in [5.41, 5.74) is 8.58. The second kappa shape index (κ2) is 6.28. The quantitative estimate of drug-likeness (QED) is 0.844. The number of aromatic hydroxyl groups is 1. The number of phenols is 1. The van der Waals surface area contributed by atoms with Gasteiger partial charge in [0, 0.05) is 25.0 Å². The number of nitrogens with two attached hydrogens (primary N) is 1. The molecule has 2 rings (SSSR count). The minimum absolute atomic E-state index is 0.105. The Hall–Kier alpha value is -2.53. The molecule has 21 heavy (non-hydrogen) atoms. The molecule has 0 aromatic heterocycles. The molecule has 0 atom stereocenters. The fraction of sp³-hybridized carbons (Fsp3) is 0.188. The zero-order valence-electron chi connectivity index (χ0n) is 12.0. The summed E-state index contributed by atoms with van der Waals surface area (Å²) in [4.78, 5) is 13.6. The SMILES string of the molecule is COC(=O)c1cc(N(C)c2ccccc2CN)ccc1O. The third-order valence-corrected chi connectivity index (χ3v) is 3.35. The minimum Gasteiger partial charge on any atom is -0.507 e. The van der Waals surface area contributed by atoms with Crippen LogP contribution in [-0.4, -0.2) is 25.2 Å². The lowest BCUT2D eigenvalue weighted by Gasteiger charge is -2.23. The van der Waals surface area contributed by atoms with Crippen molar-refractivity contribution < 1.29 is 14.6 Å². The van der Waals surface area contributed by atoms with Crippen LogP contribution >= 0.6 is 0 Å². The third kappa shape index (κ3) is 2.98. The Kier molecular flexibility index (Phi) is 4.45. The maximum absolute atomic E-state index is 11.6. The molecule has 0 amide bonds. The van der Waals surface area contributed by atoms with Gasteiger partial charge in [-0.1, -0.05) is 18.2 Å². The number of benzene rings is 2. The molecule has 0 bridgehead atoms. The second-order valence-electron chi connectivity index (χ2n) is 4.58. The molecule has 0 unspecified atom stereocenters. The van der Waals surface area contributed by atoms with Gasteiger partial charge in [-0.05, 0) is 29.8 Å². The number of carbonyl (C=O) groups excluding carboxylic acids is 1. The maximum Gasteiger partial charge on any atom is 0.341 e. The Labute approximate surface area is 123 Å². The first-order valence-corrected chi connectivity index (χ1v) is 6.51. The van der Waals surface area contributed by atoms with Crippen LogP contribution in [0.3, 0.4) is 0 Å². The third-order valence-electron chi connectivity index (χ3n) is 3.35. The van der Waals surface area contributed by atoms with E-state index in [0.29, 0.717) is 6.54 Å². The molecular weight excluding hydrogens is 268 g/mol. The highest BCUT2D eigenvalue weighted by atomic mass is 16.5. The van der Waals surface area contributed by atoms with Crippen molar-refractivity contribution in [2.45, 2.75) is 6.54 Å². The summed E-state index contributed by atoms with van der Waals surface area (Å²) in [7, 11) is 3.16. The summed E-state index contributed by atoms with van der Waals surface area (Å²) in [5.74, 6) is -0.680. The van der Waals surface area contributed by atoms with Crippen molar-refractivity contribution >= 4 is 17.3 Å². The van der Waals surface area contributed by atoms with E-state index in [9.17, 15) is 9.90 Å². The Morgan fingerprint density at radius 2 is 2.00 bits per heavy atom. The number of nitrogens with zero attached hydrogens (tertiary/aromatic N) is 1. The Morgan fingerprint density at radius 1 is 1.29 bits per heavy atom. The van der Waals surface area contributed by atoms with E-state index in [1.54, 1.807) is 12.1 Å². The average molecular weight is 286 g/mol. The molecule has 0 radical (unpaired) electrons. The van der Waals surface area contributed by atoms with Crippen LogP contribution in [0.15, 0.2) is 42.5 Å². The Bertz CT molecular complexity index is 656. The number of carbonyl (C=O) groups is 1. The summed E-state index contributed by atoms with van der Waals surface area (Å²) in [6.07, 6.45) is 0. The standard InChI is InChI=1S/C16H18N2O3/c1-18(14-6-4-3-5-11(14)10-17)12-7-8-15(19)13(9-12)16(20)21-2/h3-9,19H,10,17H2,1-2H3. The predicted molar refractivity (Wildman–Crippen MR) is 81.8 cm³/mol. The van der Waals surface area contributed by atoms with Crippen LogP contribution in [0.4, 0.5) is 11.4 Å². The number of anilines is 2. The number of hydrogen-bond acceptors (Lipinski definition) is 5. The fourth-order valence-electron chi connectivity index (χ4n) is 2.16. The summed E-state index contributed by atoms with van der Waals surface area (Å²) in [6, 6.07) is 12.6. The largest absolute Gasteiger partial charge is 0.507 e. The van der Waals surface area contributed by atoms with Gasteiger partial charge in [-0.15, -0.1) is 0 Å². The van der Waals surface area contributed by atoms with Gasteiger partial charge in [0.25, 0.3) is 0 Å². The predicted octanol–water partition coefficient (Wildman–Crippen LogP) is 2.41. The number of methoxy groups -OCH3 is 1. The molecule has 2 aromatic carbocycles. The van der Waals surface area contributed by atoms with Crippen molar-refractivity contribution in [3.63, 3.8) is 0 Å². The number of ether oxygens (including phenoxy) is 1. The normalized spacial score (nSPS) is 10.2. The number of hydrogen-bond donors (Lipinski definition) is 2. The number of rotatable bonds is 4. The van der Waals surface area contributed by atoms with Crippen LogP contribution in [0.25, 0.3) is 0 Å². The van der Waals surface area contributed by atoms with Crippen molar-refractivity contribution in [1.82, 2.24) is 0 Å². The molecule has 0 saturated heterocycles. The second-order valence-corrected chi connectivity index (χ2v) is 4.58. The topological polar surface area (TPSA) is 75.8 Å². The lowest BCUT2D eigenvalue weighted by Crippen LogP contribution is -2.14. The molecule has 3 N–H and O–H groups in total. The van der Waals surface area contributed by atoms with Gasteiger partial charge >= 0.3 is 5.97 Å². The highest BCUT2D eigenvalue weighted by Crippen LogP contribution is 2.30. The molecule has 5 nitrogen and oxygen atoms in total. The zero-order valence-corrected chi connectivity index (χ0v) is 12.0. The van der Waals surface area contributed by atoms with Crippen molar-refractivity contribution in [2.24, 2.45) is 5.73 Å². The van der Waals surface area contributed by atoms with E-state index in [0.717, 1.165) is 16.9 Å². The van der Waals surface area contributed by atoms with Gasteiger partial charge in [-0.25, -0.2) is 4.79 Å². The minimum atomic E-state index is -0.574. The summed E-state index contributed by atoms with van der Waals surface area (Å²) in [5, 5.41) is 9.75. The van der Waals surface area contributed by atoms with Crippen LogP contribution in [0.1, 0.15) is 15.9 Å². The van der Waals surface area contributed by atoms with Crippen LogP contribution in [0.2, 0.25) is 0 Å². The molecule has 110 valence electrons. The van der Waals surface area contributed by atoms with E-state index in [1.807, 2.05) is 36.2 Å². The lowest BCUT2D eigenvalue weighted by atomic mass is 10.1. The molecule has 0 spiro atoms. The van der Waals surface area contributed by atoms with Crippen LogP contribution < -0.4 is 10.6 Å². The lowest BCUT2D eigenvalue weighted by molar-refractivity contribution is 0.0597. The molecular formula is C16H18N2O3. The highest BCUT2D eigenvalue weighted by molar-refractivity contribution is 5.93. The van der Waals surface area contributed by atoms with Gasteiger partial charge in [0.05, 0.1) is 7.11 Å². The van der Waals surface area contributed by atoms with Crippen LogP contribution in [-0.2, 0) is 11.3 Å². The monoisotopic (exact) mass is 286 g/mol.